The molecule has 0 amide bonds. The lowest BCUT2D eigenvalue weighted by Crippen LogP contribution is -2.13. The van der Waals surface area contributed by atoms with Gasteiger partial charge in [-0.25, -0.2) is 17.2 Å². The number of anilines is 1. The van der Waals surface area contributed by atoms with Crippen molar-refractivity contribution >= 4 is 15.7 Å². The highest BCUT2D eigenvalue weighted by Crippen LogP contribution is 2.26. The van der Waals surface area contributed by atoms with Gasteiger partial charge in [0, 0.05) is 17.3 Å². The first-order valence-corrected chi connectivity index (χ1v) is 10.5. The Hall–Kier alpha value is -2.73. The van der Waals surface area contributed by atoms with Crippen molar-refractivity contribution in [3.05, 3.63) is 83.9 Å². The molecular formula is C22H21F2NO2S. The molecule has 0 saturated heterocycles. The summed E-state index contributed by atoms with van der Waals surface area (Å²) in [7, 11) is -3.78. The van der Waals surface area contributed by atoms with Crippen LogP contribution in [0.2, 0.25) is 0 Å². The van der Waals surface area contributed by atoms with Gasteiger partial charge in [0.1, 0.15) is 11.6 Å². The predicted molar refractivity (Wildman–Crippen MR) is 108 cm³/mol. The van der Waals surface area contributed by atoms with E-state index in [1.165, 1.54) is 30.3 Å². The molecule has 6 heteroatoms. The molecule has 0 aliphatic rings. The Kier molecular flexibility index (Phi) is 5.79. The third-order valence-corrected chi connectivity index (χ3v) is 6.12. The van der Waals surface area contributed by atoms with Crippen LogP contribution in [-0.4, -0.2) is 8.42 Å². The zero-order chi connectivity index (χ0) is 20.3. The lowest BCUT2D eigenvalue weighted by Gasteiger charge is -2.13. The SMILES string of the molecule is CCC(C)c1cccc(NS(=O)(=O)c2ccc(-c3ccc(F)cc3F)cc2)c1. The summed E-state index contributed by atoms with van der Waals surface area (Å²) in [4.78, 5) is 0.0627. The summed E-state index contributed by atoms with van der Waals surface area (Å²) in [5.41, 5.74) is 2.23. The van der Waals surface area contributed by atoms with E-state index in [1.54, 1.807) is 6.07 Å². The van der Waals surface area contributed by atoms with Crippen molar-refractivity contribution in [2.45, 2.75) is 31.1 Å². The number of rotatable bonds is 6. The van der Waals surface area contributed by atoms with Gasteiger partial charge in [-0.15, -0.1) is 0 Å². The minimum absolute atomic E-state index is 0.0627. The molecule has 0 aromatic heterocycles. The minimum Gasteiger partial charge on any atom is -0.280 e. The molecule has 146 valence electrons. The number of sulfonamides is 1. The molecule has 0 saturated carbocycles. The Bertz CT molecular complexity index is 1080. The van der Waals surface area contributed by atoms with Crippen LogP contribution in [0.5, 0.6) is 0 Å². The summed E-state index contributed by atoms with van der Waals surface area (Å²) < 4.78 is 54.9. The minimum atomic E-state index is -3.78. The van der Waals surface area contributed by atoms with Gasteiger partial charge in [-0.05, 0) is 59.9 Å². The van der Waals surface area contributed by atoms with E-state index in [1.807, 2.05) is 18.2 Å². The highest BCUT2D eigenvalue weighted by molar-refractivity contribution is 7.92. The molecule has 3 aromatic carbocycles. The maximum atomic E-state index is 13.9. The van der Waals surface area contributed by atoms with Crippen LogP contribution < -0.4 is 4.72 Å². The van der Waals surface area contributed by atoms with Crippen LogP contribution in [0.3, 0.4) is 0 Å². The van der Waals surface area contributed by atoms with E-state index in [2.05, 4.69) is 18.6 Å². The Morgan fingerprint density at radius 1 is 0.964 bits per heavy atom. The summed E-state index contributed by atoms with van der Waals surface area (Å²) in [5.74, 6) is -1.03. The molecule has 3 nitrogen and oxygen atoms in total. The van der Waals surface area contributed by atoms with E-state index in [0.29, 0.717) is 17.2 Å². The van der Waals surface area contributed by atoms with Gasteiger partial charge in [-0.3, -0.25) is 4.72 Å². The van der Waals surface area contributed by atoms with Crippen LogP contribution in [0.25, 0.3) is 11.1 Å². The molecule has 3 rings (SSSR count). The molecule has 0 heterocycles. The lowest BCUT2D eigenvalue weighted by atomic mass is 9.98. The Morgan fingerprint density at radius 3 is 2.32 bits per heavy atom. The number of benzene rings is 3. The van der Waals surface area contributed by atoms with Crippen molar-refractivity contribution in [2.24, 2.45) is 0 Å². The zero-order valence-electron chi connectivity index (χ0n) is 15.6. The van der Waals surface area contributed by atoms with Gasteiger partial charge >= 0.3 is 0 Å². The average Bonchev–Trinajstić information content (AvgIpc) is 2.67. The molecule has 1 unspecified atom stereocenters. The molecule has 0 aliphatic heterocycles. The highest BCUT2D eigenvalue weighted by Gasteiger charge is 2.16. The largest absolute Gasteiger partial charge is 0.280 e. The van der Waals surface area contributed by atoms with Crippen molar-refractivity contribution in [1.82, 2.24) is 0 Å². The average molecular weight is 401 g/mol. The normalized spacial score (nSPS) is 12.6. The second kappa shape index (κ2) is 8.10. The van der Waals surface area contributed by atoms with Gasteiger partial charge in [0.2, 0.25) is 0 Å². The van der Waals surface area contributed by atoms with Gasteiger partial charge in [0.05, 0.1) is 4.90 Å². The first kappa shape index (κ1) is 20.0. The van der Waals surface area contributed by atoms with Gasteiger partial charge in [-0.2, -0.15) is 0 Å². The fourth-order valence-corrected chi connectivity index (χ4v) is 3.95. The van der Waals surface area contributed by atoms with Gasteiger partial charge in [0.15, 0.2) is 0 Å². The first-order valence-electron chi connectivity index (χ1n) is 8.98. The Morgan fingerprint density at radius 2 is 1.68 bits per heavy atom. The third kappa shape index (κ3) is 4.39. The molecule has 3 aromatic rings. The van der Waals surface area contributed by atoms with E-state index in [4.69, 9.17) is 0 Å². The van der Waals surface area contributed by atoms with E-state index < -0.39 is 21.7 Å². The molecule has 0 spiro atoms. The van der Waals surface area contributed by atoms with Crippen molar-refractivity contribution < 1.29 is 17.2 Å². The Labute approximate surface area is 164 Å². The van der Waals surface area contributed by atoms with Crippen LogP contribution in [0.4, 0.5) is 14.5 Å². The van der Waals surface area contributed by atoms with Gasteiger partial charge in [-0.1, -0.05) is 38.1 Å². The van der Waals surface area contributed by atoms with Crippen molar-refractivity contribution in [3.63, 3.8) is 0 Å². The summed E-state index contributed by atoms with van der Waals surface area (Å²) in [6.07, 6.45) is 0.956. The highest BCUT2D eigenvalue weighted by atomic mass is 32.2. The number of hydrogen-bond acceptors (Lipinski definition) is 2. The van der Waals surface area contributed by atoms with E-state index >= 15 is 0 Å². The van der Waals surface area contributed by atoms with Crippen LogP contribution in [0, 0.1) is 11.6 Å². The summed E-state index contributed by atoms with van der Waals surface area (Å²) >= 11 is 0. The maximum absolute atomic E-state index is 13.9. The summed E-state index contributed by atoms with van der Waals surface area (Å²) in [6.45, 7) is 4.16. The fourth-order valence-electron chi connectivity index (χ4n) is 2.90. The predicted octanol–water partition coefficient (Wildman–Crippen LogP) is 5.95. The maximum Gasteiger partial charge on any atom is 0.261 e. The van der Waals surface area contributed by atoms with Crippen LogP contribution in [0.15, 0.2) is 71.6 Å². The van der Waals surface area contributed by atoms with E-state index in [-0.39, 0.29) is 10.5 Å². The molecular weight excluding hydrogens is 380 g/mol. The summed E-state index contributed by atoms with van der Waals surface area (Å²) in [6, 6.07) is 16.4. The molecule has 0 aliphatic carbocycles. The quantitative estimate of drug-likeness (QED) is 0.555. The smallest absolute Gasteiger partial charge is 0.261 e. The van der Waals surface area contributed by atoms with Crippen molar-refractivity contribution in [2.75, 3.05) is 4.72 Å². The third-order valence-electron chi connectivity index (χ3n) is 4.73. The van der Waals surface area contributed by atoms with E-state index in [0.717, 1.165) is 24.1 Å². The number of nitrogens with one attached hydrogen (secondary N) is 1. The summed E-state index contributed by atoms with van der Waals surface area (Å²) in [5, 5.41) is 0. The zero-order valence-corrected chi connectivity index (χ0v) is 16.4. The first-order chi connectivity index (χ1) is 13.3. The number of halogens is 2. The number of hydrogen-bond donors (Lipinski definition) is 1. The second-order valence-electron chi connectivity index (χ2n) is 6.69. The topological polar surface area (TPSA) is 46.2 Å². The molecule has 28 heavy (non-hydrogen) atoms. The molecule has 1 atom stereocenters. The van der Waals surface area contributed by atoms with Crippen LogP contribution in [0.1, 0.15) is 31.7 Å². The van der Waals surface area contributed by atoms with E-state index in [9.17, 15) is 17.2 Å². The lowest BCUT2D eigenvalue weighted by molar-refractivity contribution is 0.585. The van der Waals surface area contributed by atoms with Crippen LogP contribution in [-0.2, 0) is 10.0 Å². The Balaban J connectivity index is 1.85. The molecule has 1 N–H and O–H groups in total. The van der Waals surface area contributed by atoms with Crippen molar-refractivity contribution in [1.29, 1.82) is 0 Å². The fraction of sp³-hybridized carbons (Fsp3) is 0.182. The standard InChI is InChI=1S/C22H21F2NO2S/c1-3-15(2)17-5-4-6-19(13-17)25-28(26,27)20-10-7-16(8-11-20)21-12-9-18(23)14-22(21)24/h4-15,25H,3H2,1-2H3. The van der Waals surface area contributed by atoms with Crippen molar-refractivity contribution in [3.8, 4) is 11.1 Å². The molecule has 0 bridgehead atoms. The van der Waals surface area contributed by atoms with Gasteiger partial charge in [0.25, 0.3) is 10.0 Å². The van der Waals surface area contributed by atoms with Gasteiger partial charge < -0.3 is 0 Å². The second-order valence-corrected chi connectivity index (χ2v) is 8.37. The van der Waals surface area contributed by atoms with Crippen LogP contribution >= 0.6 is 0 Å². The molecule has 0 radical (unpaired) electrons. The molecule has 0 fully saturated rings. The monoisotopic (exact) mass is 401 g/mol.